The Morgan fingerprint density at radius 1 is 1.27 bits per heavy atom. The average Bonchev–Trinajstić information content (AvgIpc) is 2.21. The van der Waals surface area contributed by atoms with Crippen LogP contribution < -0.4 is 0 Å². The highest BCUT2D eigenvalue weighted by Crippen LogP contribution is 2.11. The molecule has 0 unspecified atom stereocenters. The molecule has 0 aliphatic rings. The lowest BCUT2D eigenvalue weighted by molar-refractivity contribution is -0.140. The van der Waals surface area contributed by atoms with Crippen LogP contribution in [0.5, 0.6) is 0 Å². The average molecular weight is 216 g/mol. The fourth-order valence-electron chi connectivity index (χ4n) is 0.948. The first-order valence-corrected chi connectivity index (χ1v) is 4.69. The van der Waals surface area contributed by atoms with Gasteiger partial charge in [-0.3, -0.25) is 4.79 Å². The summed E-state index contributed by atoms with van der Waals surface area (Å²) in [6.07, 6.45) is 0.430. The van der Waals surface area contributed by atoms with Crippen LogP contribution in [0.1, 0.15) is 27.2 Å². The molecule has 0 fully saturated rings. The second-order valence-electron chi connectivity index (χ2n) is 2.85. The summed E-state index contributed by atoms with van der Waals surface area (Å²) in [5.74, 6) is -0.756. The molecular weight excluding hydrogens is 200 g/mol. The third-order valence-corrected chi connectivity index (χ3v) is 1.64. The summed E-state index contributed by atoms with van der Waals surface area (Å²) in [6.45, 7) is 4.26. The second kappa shape index (κ2) is 7.00. The summed E-state index contributed by atoms with van der Waals surface area (Å²) in [7, 11) is 0. The quantitative estimate of drug-likeness (QED) is 0.417. The van der Waals surface area contributed by atoms with Gasteiger partial charge in [0.15, 0.2) is 0 Å². The number of allylic oxidation sites excluding steroid dienone is 1. The minimum Gasteiger partial charge on any atom is -0.460 e. The van der Waals surface area contributed by atoms with Crippen LogP contribution in [0.4, 0.5) is 0 Å². The maximum absolute atomic E-state index is 11.3. The van der Waals surface area contributed by atoms with Gasteiger partial charge in [0.05, 0.1) is 12.2 Å². The van der Waals surface area contributed by atoms with Crippen molar-refractivity contribution in [1.29, 1.82) is 0 Å². The van der Waals surface area contributed by atoms with E-state index in [4.69, 9.17) is 9.84 Å². The van der Waals surface area contributed by atoms with E-state index < -0.39 is 11.9 Å². The smallest absolute Gasteiger partial charge is 0.337 e. The van der Waals surface area contributed by atoms with Crippen molar-refractivity contribution in [1.82, 2.24) is 0 Å². The maximum atomic E-state index is 11.3. The topological polar surface area (TPSA) is 72.8 Å². The van der Waals surface area contributed by atoms with Crippen LogP contribution in [0.15, 0.2) is 11.3 Å². The molecule has 0 spiro atoms. The van der Waals surface area contributed by atoms with E-state index in [0.717, 1.165) is 0 Å². The van der Waals surface area contributed by atoms with E-state index in [1.807, 2.05) is 0 Å². The van der Waals surface area contributed by atoms with Gasteiger partial charge in [-0.05, 0) is 6.92 Å². The molecule has 0 saturated heterocycles. The minimum atomic E-state index is -0.581. The molecule has 15 heavy (non-hydrogen) atoms. The molecule has 0 bridgehead atoms. The first kappa shape index (κ1) is 13.6. The Kier molecular flexibility index (Phi) is 6.37. The van der Waals surface area contributed by atoms with Gasteiger partial charge in [-0.1, -0.05) is 6.92 Å². The number of rotatable bonds is 5. The van der Waals surface area contributed by atoms with E-state index in [2.05, 4.69) is 4.74 Å². The van der Waals surface area contributed by atoms with Gasteiger partial charge in [-0.25, -0.2) is 4.79 Å². The molecule has 0 amide bonds. The molecule has 5 heteroatoms. The number of hydrogen-bond donors (Lipinski definition) is 1. The number of aliphatic hydroxyl groups excluding tert-OH is 1. The van der Waals surface area contributed by atoms with Crippen molar-refractivity contribution in [2.75, 3.05) is 13.2 Å². The molecule has 0 aliphatic heterocycles. The van der Waals surface area contributed by atoms with Crippen LogP contribution in [0.2, 0.25) is 0 Å². The number of esters is 2. The van der Waals surface area contributed by atoms with Crippen molar-refractivity contribution in [3.05, 3.63) is 11.3 Å². The molecule has 0 saturated carbocycles. The summed E-state index contributed by atoms with van der Waals surface area (Å²) in [4.78, 5) is 22.0. The Morgan fingerprint density at radius 2 is 1.87 bits per heavy atom. The molecule has 0 heterocycles. The largest absolute Gasteiger partial charge is 0.460 e. The summed E-state index contributed by atoms with van der Waals surface area (Å²) >= 11 is 0. The summed E-state index contributed by atoms with van der Waals surface area (Å²) in [6, 6.07) is 0. The lowest BCUT2D eigenvalue weighted by Gasteiger charge is -2.09. The van der Waals surface area contributed by atoms with Crippen LogP contribution in [-0.4, -0.2) is 30.3 Å². The molecule has 0 rings (SSSR count). The number of hydrogen-bond acceptors (Lipinski definition) is 5. The SMILES string of the molecule is CC/C(OC(C)=O)=C(\C)C(=O)OCCO. The van der Waals surface area contributed by atoms with E-state index >= 15 is 0 Å². The van der Waals surface area contributed by atoms with E-state index in [1.165, 1.54) is 13.8 Å². The van der Waals surface area contributed by atoms with E-state index in [9.17, 15) is 9.59 Å². The molecule has 0 aromatic heterocycles. The van der Waals surface area contributed by atoms with Crippen molar-refractivity contribution in [3.8, 4) is 0 Å². The fourth-order valence-corrected chi connectivity index (χ4v) is 0.948. The molecule has 0 radical (unpaired) electrons. The first-order chi connectivity index (χ1) is 7.02. The van der Waals surface area contributed by atoms with Crippen LogP contribution in [0, 0.1) is 0 Å². The summed E-state index contributed by atoms with van der Waals surface area (Å²) < 4.78 is 9.52. The van der Waals surface area contributed by atoms with Gasteiger partial charge >= 0.3 is 11.9 Å². The highest BCUT2D eigenvalue weighted by molar-refractivity contribution is 5.88. The zero-order chi connectivity index (χ0) is 11.8. The molecule has 5 nitrogen and oxygen atoms in total. The maximum Gasteiger partial charge on any atom is 0.337 e. The normalized spacial score (nSPS) is 11.7. The van der Waals surface area contributed by atoms with E-state index in [0.29, 0.717) is 12.2 Å². The van der Waals surface area contributed by atoms with Gasteiger partial charge in [0.25, 0.3) is 0 Å². The van der Waals surface area contributed by atoms with Crippen molar-refractivity contribution in [2.45, 2.75) is 27.2 Å². The Hall–Kier alpha value is -1.36. The zero-order valence-electron chi connectivity index (χ0n) is 9.20. The van der Waals surface area contributed by atoms with Crippen molar-refractivity contribution in [3.63, 3.8) is 0 Å². The van der Waals surface area contributed by atoms with Crippen LogP contribution >= 0.6 is 0 Å². The predicted molar refractivity (Wildman–Crippen MR) is 52.8 cm³/mol. The van der Waals surface area contributed by atoms with Crippen LogP contribution in [0.25, 0.3) is 0 Å². The molecule has 86 valence electrons. The van der Waals surface area contributed by atoms with Crippen molar-refractivity contribution >= 4 is 11.9 Å². The number of aliphatic hydroxyl groups is 1. The van der Waals surface area contributed by atoms with Gasteiger partial charge in [0.2, 0.25) is 0 Å². The summed E-state index contributed by atoms with van der Waals surface area (Å²) in [5.41, 5.74) is 0.251. The lowest BCUT2D eigenvalue weighted by atomic mass is 10.2. The highest BCUT2D eigenvalue weighted by atomic mass is 16.6. The van der Waals surface area contributed by atoms with Crippen LogP contribution in [-0.2, 0) is 19.1 Å². The van der Waals surface area contributed by atoms with Gasteiger partial charge in [-0.2, -0.15) is 0 Å². The van der Waals surface area contributed by atoms with Crippen molar-refractivity contribution in [2.24, 2.45) is 0 Å². The van der Waals surface area contributed by atoms with Gasteiger partial charge < -0.3 is 14.6 Å². The monoisotopic (exact) mass is 216 g/mol. The summed E-state index contributed by atoms with van der Waals surface area (Å²) in [5, 5.41) is 8.46. The zero-order valence-corrected chi connectivity index (χ0v) is 9.20. The van der Waals surface area contributed by atoms with Gasteiger partial charge in [0, 0.05) is 13.3 Å². The predicted octanol–water partition coefficient (Wildman–Crippen LogP) is 0.769. The molecule has 0 aromatic carbocycles. The van der Waals surface area contributed by atoms with E-state index in [1.54, 1.807) is 6.92 Å². The third-order valence-electron chi connectivity index (χ3n) is 1.64. The molecule has 0 aromatic rings. The van der Waals surface area contributed by atoms with Gasteiger partial charge in [-0.15, -0.1) is 0 Å². The Morgan fingerprint density at radius 3 is 2.27 bits per heavy atom. The lowest BCUT2D eigenvalue weighted by Crippen LogP contribution is -2.13. The number of carbonyl (C=O) groups is 2. The van der Waals surface area contributed by atoms with E-state index in [-0.39, 0.29) is 18.8 Å². The molecule has 1 N–H and O–H groups in total. The van der Waals surface area contributed by atoms with Crippen LogP contribution in [0.3, 0.4) is 0 Å². The fraction of sp³-hybridized carbons (Fsp3) is 0.600. The standard InChI is InChI=1S/C10H16O5/c1-4-9(15-8(3)12)7(2)10(13)14-6-5-11/h11H,4-6H2,1-3H3/b9-7-. The van der Waals surface area contributed by atoms with Crippen molar-refractivity contribution < 1.29 is 24.2 Å². The van der Waals surface area contributed by atoms with Gasteiger partial charge in [0.1, 0.15) is 12.4 Å². The Labute approximate surface area is 88.7 Å². The Balaban J connectivity index is 4.55. The number of ether oxygens (including phenoxy) is 2. The molecular formula is C10H16O5. The minimum absolute atomic E-state index is 0.0623. The highest BCUT2D eigenvalue weighted by Gasteiger charge is 2.13. The second-order valence-corrected chi connectivity index (χ2v) is 2.85. The Bertz CT molecular complexity index is 267. The molecule has 0 atom stereocenters. The first-order valence-electron chi connectivity index (χ1n) is 4.69. The third kappa shape index (κ3) is 5.17. The molecule has 0 aliphatic carbocycles. The number of carbonyl (C=O) groups excluding carboxylic acids is 2.